The molecule has 0 saturated heterocycles. The molecule has 1 aromatic heterocycles. The summed E-state index contributed by atoms with van der Waals surface area (Å²) >= 11 is 0. The molecule has 2 aromatic rings. The molecule has 0 aliphatic heterocycles. The van der Waals surface area contributed by atoms with Gasteiger partial charge in [-0.1, -0.05) is 6.07 Å². The number of nitrogens with one attached hydrogen (secondary N) is 1. The van der Waals surface area contributed by atoms with Crippen molar-refractivity contribution >= 4 is 11.6 Å². The van der Waals surface area contributed by atoms with Crippen molar-refractivity contribution in [3.8, 4) is 11.6 Å². The van der Waals surface area contributed by atoms with E-state index in [9.17, 15) is 0 Å². The summed E-state index contributed by atoms with van der Waals surface area (Å²) in [6.07, 6.45) is 6.85. The zero-order chi connectivity index (χ0) is 17.5. The molecule has 1 aliphatic carbocycles. The van der Waals surface area contributed by atoms with Crippen LogP contribution in [0.1, 0.15) is 31.2 Å². The fourth-order valence-corrected chi connectivity index (χ4v) is 2.79. The third-order valence-electron chi connectivity index (χ3n) is 4.18. The second-order valence-electron chi connectivity index (χ2n) is 6.08. The van der Waals surface area contributed by atoms with Crippen LogP contribution in [-0.4, -0.2) is 24.2 Å². The van der Waals surface area contributed by atoms with Crippen LogP contribution in [0.3, 0.4) is 0 Å². The molecule has 1 heterocycles. The summed E-state index contributed by atoms with van der Waals surface area (Å²) in [5.41, 5.74) is 7.77. The number of nitrogens with two attached hydrogens (primary N) is 1. The lowest BCUT2D eigenvalue weighted by molar-refractivity contribution is 0.201. The SMILES string of the molecule is COc1ccc(NC(N)=NCc2ccc(OC3CCCC3)nc2)cc1. The van der Waals surface area contributed by atoms with Gasteiger partial charge in [0.2, 0.25) is 5.88 Å². The van der Waals surface area contributed by atoms with Gasteiger partial charge in [0.05, 0.1) is 13.7 Å². The lowest BCUT2D eigenvalue weighted by Gasteiger charge is -2.11. The third-order valence-corrected chi connectivity index (χ3v) is 4.18. The first-order valence-corrected chi connectivity index (χ1v) is 8.55. The Labute approximate surface area is 148 Å². The molecule has 3 rings (SSSR count). The number of pyridine rings is 1. The summed E-state index contributed by atoms with van der Waals surface area (Å²) in [5, 5.41) is 3.05. The topological polar surface area (TPSA) is 81.8 Å². The molecule has 6 heteroatoms. The Bertz CT molecular complexity index is 692. The second-order valence-corrected chi connectivity index (χ2v) is 6.08. The van der Waals surface area contributed by atoms with E-state index in [0.29, 0.717) is 24.5 Å². The van der Waals surface area contributed by atoms with Gasteiger partial charge in [0.25, 0.3) is 0 Å². The zero-order valence-corrected chi connectivity index (χ0v) is 14.4. The number of benzene rings is 1. The summed E-state index contributed by atoms with van der Waals surface area (Å²) in [7, 11) is 1.64. The molecule has 1 aliphatic rings. The molecule has 0 radical (unpaired) electrons. The van der Waals surface area contributed by atoms with Gasteiger partial charge in [-0.15, -0.1) is 0 Å². The first kappa shape index (κ1) is 17.1. The van der Waals surface area contributed by atoms with Crippen LogP contribution < -0.4 is 20.5 Å². The van der Waals surface area contributed by atoms with Gasteiger partial charge in [-0.05, 0) is 55.5 Å². The number of nitrogens with zero attached hydrogens (tertiary/aromatic N) is 2. The van der Waals surface area contributed by atoms with Gasteiger partial charge in [0, 0.05) is 18.0 Å². The molecule has 0 unspecified atom stereocenters. The molecule has 1 saturated carbocycles. The minimum atomic E-state index is 0.320. The van der Waals surface area contributed by atoms with Gasteiger partial charge >= 0.3 is 0 Å². The van der Waals surface area contributed by atoms with Crippen LogP contribution in [-0.2, 0) is 6.54 Å². The van der Waals surface area contributed by atoms with E-state index in [2.05, 4.69) is 15.3 Å². The highest BCUT2D eigenvalue weighted by Gasteiger charge is 2.16. The molecule has 25 heavy (non-hydrogen) atoms. The third kappa shape index (κ3) is 5.11. The number of rotatable bonds is 6. The van der Waals surface area contributed by atoms with E-state index in [1.54, 1.807) is 13.3 Å². The maximum absolute atomic E-state index is 5.93. The fourth-order valence-electron chi connectivity index (χ4n) is 2.79. The molecule has 6 nitrogen and oxygen atoms in total. The molecule has 1 aromatic carbocycles. The van der Waals surface area contributed by atoms with Crippen LogP contribution in [0.2, 0.25) is 0 Å². The normalized spacial score (nSPS) is 15.2. The summed E-state index contributed by atoms with van der Waals surface area (Å²) in [6, 6.07) is 11.4. The number of aliphatic imine (C=N–C) groups is 1. The smallest absolute Gasteiger partial charge is 0.213 e. The maximum Gasteiger partial charge on any atom is 0.213 e. The van der Waals surface area contributed by atoms with Gasteiger partial charge < -0.3 is 20.5 Å². The molecule has 0 bridgehead atoms. The average molecular weight is 340 g/mol. The Morgan fingerprint density at radius 1 is 1.20 bits per heavy atom. The van der Waals surface area contributed by atoms with Crippen LogP contribution >= 0.6 is 0 Å². The average Bonchev–Trinajstić information content (AvgIpc) is 3.15. The maximum atomic E-state index is 5.93. The van der Waals surface area contributed by atoms with Gasteiger partial charge in [-0.2, -0.15) is 0 Å². The quantitative estimate of drug-likeness (QED) is 0.622. The summed E-state index contributed by atoms with van der Waals surface area (Å²) < 4.78 is 11.0. The molecule has 1 fully saturated rings. The van der Waals surface area contributed by atoms with E-state index in [-0.39, 0.29) is 0 Å². The largest absolute Gasteiger partial charge is 0.497 e. The number of guanidine groups is 1. The summed E-state index contributed by atoms with van der Waals surface area (Å²) in [5.74, 6) is 1.84. The van der Waals surface area contributed by atoms with Crippen molar-refractivity contribution in [3.05, 3.63) is 48.2 Å². The van der Waals surface area contributed by atoms with Crippen LogP contribution in [0, 0.1) is 0 Å². The standard InChI is InChI=1S/C19H24N4O2/c1-24-16-9-7-15(8-10-16)23-19(20)22-13-14-6-11-18(21-12-14)25-17-4-2-3-5-17/h6-12,17H,2-5,13H2,1H3,(H3,20,22,23). The number of methoxy groups -OCH3 is 1. The molecule has 3 N–H and O–H groups in total. The minimum Gasteiger partial charge on any atom is -0.497 e. The van der Waals surface area contributed by atoms with Crippen molar-refractivity contribution in [1.29, 1.82) is 0 Å². The molecule has 132 valence electrons. The van der Waals surface area contributed by atoms with Gasteiger partial charge in [0.1, 0.15) is 11.9 Å². The van der Waals surface area contributed by atoms with E-state index >= 15 is 0 Å². The van der Waals surface area contributed by atoms with Crippen molar-refractivity contribution in [2.75, 3.05) is 12.4 Å². The Kier molecular flexibility index (Phi) is 5.72. The Hall–Kier alpha value is -2.76. The summed E-state index contributed by atoms with van der Waals surface area (Å²) in [4.78, 5) is 8.69. The second kappa shape index (κ2) is 8.37. The Morgan fingerprint density at radius 2 is 1.96 bits per heavy atom. The molecular weight excluding hydrogens is 316 g/mol. The first-order chi connectivity index (χ1) is 12.2. The summed E-state index contributed by atoms with van der Waals surface area (Å²) in [6.45, 7) is 0.464. The first-order valence-electron chi connectivity index (χ1n) is 8.55. The van der Waals surface area contributed by atoms with Crippen molar-refractivity contribution < 1.29 is 9.47 Å². The monoisotopic (exact) mass is 340 g/mol. The van der Waals surface area contributed by atoms with Crippen LogP contribution in [0.5, 0.6) is 11.6 Å². The lowest BCUT2D eigenvalue weighted by atomic mass is 10.3. The molecule has 0 amide bonds. The van der Waals surface area contributed by atoms with E-state index < -0.39 is 0 Å². The van der Waals surface area contributed by atoms with Gasteiger partial charge in [-0.3, -0.25) is 0 Å². The van der Waals surface area contributed by atoms with E-state index in [0.717, 1.165) is 29.8 Å². The Morgan fingerprint density at radius 3 is 2.60 bits per heavy atom. The highest BCUT2D eigenvalue weighted by Crippen LogP contribution is 2.23. The predicted octanol–water partition coefficient (Wildman–Crippen LogP) is 3.34. The van der Waals surface area contributed by atoms with Gasteiger partial charge in [-0.25, -0.2) is 9.98 Å². The lowest BCUT2D eigenvalue weighted by Crippen LogP contribution is -2.22. The van der Waals surface area contributed by atoms with E-state index in [1.807, 2.05) is 36.4 Å². The Balaban J connectivity index is 1.51. The molecular formula is C19H24N4O2. The van der Waals surface area contributed by atoms with Crippen molar-refractivity contribution in [2.24, 2.45) is 10.7 Å². The number of anilines is 1. The van der Waals surface area contributed by atoms with Gasteiger partial charge in [0.15, 0.2) is 5.96 Å². The van der Waals surface area contributed by atoms with Crippen molar-refractivity contribution in [2.45, 2.75) is 38.3 Å². The van der Waals surface area contributed by atoms with Crippen LogP contribution in [0.4, 0.5) is 5.69 Å². The molecule has 0 atom stereocenters. The number of hydrogen-bond acceptors (Lipinski definition) is 4. The zero-order valence-electron chi connectivity index (χ0n) is 14.4. The predicted molar refractivity (Wildman–Crippen MR) is 99.1 cm³/mol. The molecule has 0 spiro atoms. The van der Waals surface area contributed by atoms with Crippen LogP contribution in [0.15, 0.2) is 47.6 Å². The fraction of sp³-hybridized carbons (Fsp3) is 0.368. The van der Waals surface area contributed by atoms with Crippen molar-refractivity contribution in [3.63, 3.8) is 0 Å². The highest BCUT2D eigenvalue weighted by molar-refractivity contribution is 5.92. The number of hydrogen-bond donors (Lipinski definition) is 2. The van der Waals surface area contributed by atoms with E-state index in [4.69, 9.17) is 15.2 Å². The van der Waals surface area contributed by atoms with E-state index in [1.165, 1.54) is 12.8 Å². The van der Waals surface area contributed by atoms with Crippen LogP contribution in [0.25, 0.3) is 0 Å². The minimum absolute atomic E-state index is 0.320. The highest BCUT2D eigenvalue weighted by atomic mass is 16.5. The number of ether oxygens (including phenoxy) is 2. The van der Waals surface area contributed by atoms with Crippen molar-refractivity contribution in [1.82, 2.24) is 4.98 Å². The number of aromatic nitrogens is 1.